The minimum Gasteiger partial charge on any atom is -0.498 e. The molecule has 0 aromatic rings. The van der Waals surface area contributed by atoms with E-state index in [1.54, 1.807) is 0 Å². The van der Waals surface area contributed by atoms with Gasteiger partial charge in [0.05, 0.1) is 25.7 Å². The first-order valence-electron chi connectivity index (χ1n) is 4.86. The number of phosphoric acid groups is 1. The van der Waals surface area contributed by atoms with Crippen LogP contribution >= 0.6 is 7.82 Å². The molecule has 0 aliphatic heterocycles. The van der Waals surface area contributed by atoms with Crippen LogP contribution in [0.4, 0.5) is 0 Å². The van der Waals surface area contributed by atoms with Gasteiger partial charge >= 0.3 is 7.82 Å². The maximum Gasteiger partial charge on any atom is 0.472 e. The van der Waals surface area contributed by atoms with Gasteiger partial charge in [0.15, 0.2) is 6.10 Å². The zero-order valence-corrected chi connectivity index (χ0v) is 10.4. The van der Waals surface area contributed by atoms with E-state index >= 15 is 0 Å². The third-order valence-corrected chi connectivity index (χ3v) is 2.47. The van der Waals surface area contributed by atoms with Crippen molar-refractivity contribution in [1.29, 1.82) is 0 Å². The van der Waals surface area contributed by atoms with Gasteiger partial charge in [0.2, 0.25) is 0 Å². The summed E-state index contributed by atoms with van der Waals surface area (Å²) in [6.45, 7) is 6.71. The third-order valence-electron chi connectivity index (χ3n) is 1.48. The van der Waals surface area contributed by atoms with E-state index in [2.05, 4.69) is 22.2 Å². The lowest BCUT2D eigenvalue weighted by Crippen LogP contribution is -2.22. The highest BCUT2D eigenvalue weighted by molar-refractivity contribution is 7.47. The van der Waals surface area contributed by atoms with Crippen LogP contribution in [0.3, 0.4) is 0 Å². The lowest BCUT2D eigenvalue weighted by molar-refractivity contribution is 0.0215. The summed E-state index contributed by atoms with van der Waals surface area (Å²) in [5.41, 5.74) is 5.12. The largest absolute Gasteiger partial charge is 0.498 e. The molecule has 0 fully saturated rings. The van der Waals surface area contributed by atoms with Crippen molar-refractivity contribution < 1.29 is 28.0 Å². The fraction of sp³-hybridized carbons (Fsp3) is 0.556. The molecule has 0 radical (unpaired) electrons. The van der Waals surface area contributed by atoms with Crippen molar-refractivity contribution >= 4 is 7.82 Å². The summed E-state index contributed by atoms with van der Waals surface area (Å²) in [6, 6.07) is 0. The first-order valence-corrected chi connectivity index (χ1v) is 6.36. The highest BCUT2D eigenvalue weighted by Crippen LogP contribution is 2.42. The van der Waals surface area contributed by atoms with Gasteiger partial charge in [-0.25, -0.2) is 4.57 Å². The molecule has 2 atom stereocenters. The van der Waals surface area contributed by atoms with E-state index in [9.17, 15) is 9.46 Å². The van der Waals surface area contributed by atoms with Crippen molar-refractivity contribution in [3.8, 4) is 0 Å². The molecule has 0 saturated carbocycles. The number of phosphoric ester groups is 1. The van der Waals surface area contributed by atoms with Gasteiger partial charge in [-0.15, -0.1) is 0 Å². The Balaban J connectivity index is 4.04. The number of nitrogens with two attached hydrogens (primary N) is 1. The second-order valence-corrected chi connectivity index (χ2v) is 4.26. The van der Waals surface area contributed by atoms with E-state index in [4.69, 9.17) is 15.2 Å². The normalized spacial score (nSPS) is 15.6. The molecule has 100 valence electrons. The Kier molecular flexibility index (Phi) is 8.75. The van der Waals surface area contributed by atoms with Crippen LogP contribution in [-0.4, -0.2) is 37.4 Å². The molecule has 0 saturated heterocycles. The van der Waals surface area contributed by atoms with Crippen molar-refractivity contribution in [2.45, 2.75) is 6.10 Å². The van der Waals surface area contributed by atoms with Crippen molar-refractivity contribution in [2.24, 2.45) is 5.73 Å². The number of rotatable bonds is 11. The van der Waals surface area contributed by atoms with Gasteiger partial charge in [0, 0.05) is 6.54 Å². The van der Waals surface area contributed by atoms with Crippen LogP contribution in [0, 0.1) is 0 Å². The van der Waals surface area contributed by atoms with Gasteiger partial charge in [-0.1, -0.05) is 13.2 Å². The zero-order chi connectivity index (χ0) is 13.1. The highest BCUT2D eigenvalue weighted by Gasteiger charge is 2.23. The molecule has 8 heteroatoms. The monoisotopic (exact) mass is 267 g/mol. The predicted octanol–water partition coefficient (Wildman–Crippen LogP) is 0.767. The van der Waals surface area contributed by atoms with Crippen LogP contribution in [0.15, 0.2) is 25.7 Å². The third kappa shape index (κ3) is 8.91. The molecule has 3 N–H and O–H groups in total. The lowest BCUT2D eigenvalue weighted by atomic mass is 10.4. The quantitative estimate of drug-likeness (QED) is 0.421. The Labute approximate surface area is 100 Å². The van der Waals surface area contributed by atoms with E-state index in [1.165, 1.54) is 12.5 Å². The maximum absolute atomic E-state index is 11.3. The topological polar surface area (TPSA) is 100 Å². The van der Waals surface area contributed by atoms with E-state index < -0.39 is 13.9 Å². The average Bonchev–Trinajstić information content (AvgIpc) is 2.30. The van der Waals surface area contributed by atoms with Crippen molar-refractivity contribution in [2.75, 3.05) is 26.4 Å². The first-order chi connectivity index (χ1) is 8.05. The van der Waals surface area contributed by atoms with Crippen LogP contribution < -0.4 is 5.73 Å². The first kappa shape index (κ1) is 16.1. The van der Waals surface area contributed by atoms with Crippen LogP contribution in [0.25, 0.3) is 0 Å². The lowest BCUT2D eigenvalue weighted by Gasteiger charge is -2.18. The second kappa shape index (κ2) is 9.21. The summed E-state index contributed by atoms with van der Waals surface area (Å²) in [6.07, 6.45) is 1.83. The van der Waals surface area contributed by atoms with Gasteiger partial charge in [-0.05, 0) is 0 Å². The van der Waals surface area contributed by atoms with Crippen LogP contribution in [0.5, 0.6) is 0 Å². The minimum atomic E-state index is -4.09. The summed E-state index contributed by atoms with van der Waals surface area (Å²) < 4.78 is 30.4. The highest BCUT2D eigenvalue weighted by atomic mass is 31.2. The Morgan fingerprint density at radius 3 is 2.53 bits per heavy atom. The molecule has 0 aliphatic rings. The molecule has 0 bridgehead atoms. The van der Waals surface area contributed by atoms with E-state index in [-0.39, 0.29) is 26.4 Å². The second-order valence-electron chi connectivity index (χ2n) is 2.81. The molecule has 0 amide bonds. The number of hydrogen-bond donors (Lipinski definition) is 2. The number of hydrogen-bond acceptors (Lipinski definition) is 6. The molecule has 0 spiro atoms. The van der Waals surface area contributed by atoms with Crippen LogP contribution in [0.1, 0.15) is 0 Å². The molecule has 17 heavy (non-hydrogen) atoms. The Morgan fingerprint density at radius 1 is 1.29 bits per heavy atom. The predicted molar refractivity (Wildman–Crippen MR) is 62.0 cm³/mol. The molecule has 7 nitrogen and oxygen atoms in total. The van der Waals surface area contributed by atoms with Gasteiger partial charge in [0.1, 0.15) is 6.61 Å². The maximum atomic E-state index is 11.3. The summed E-state index contributed by atoms with van der Waals surface area (Å²) in [4.78, 5) is 9.20. The van der Waals surface area contributed by atoms with Gasteiger partial charge in [-0.3, -0.25) is 9.05 Å². The van der Waals surface area contributed by atoms with Gasteiger partial charge < -0.3 is 20.1 Å². The molecular weight excluding hydrogens is 249 g/mol. The van der Waals surface area contributed by atoms with Crippen molar-refractivity contribution in [3.63, 3.8) is 0 Å². The SMILES string of the molecule is C=COC[C@H](COP(=O)(O)OCCN)OC=C. The zero-order valence-electron chi connectivity index (χ0n) is 9.49. The fourth-order valence-corrected chi connectivity index (χ4v) is 1.59. The minimum absolute atomic E-state index is 0.0656. The average molecular weight is 267 g/mol. The fourth-order valence-electron chi connectivity index (χ4n) is 0.821. The Morgan fingerprint density at radius 2 is 2.00 bits per heavy atom. The summed E-state index contributed by atoms with van der Waals surface area (Å²) in [5.74, 6) is 0. The molecule has 0 aliphatic carbocycles. The summed E-state index contributed by atoms with van der Waals surface area (Å²) in [7, 11) is -4.09. The van der Waals surface area contributed by atoms with Crippen molar-refractivity contribution in [3.05, 3.63) is 25.7 Å². The molecular formula is C9H18NO6P. The summed E-state index contributed by atoms with van der Waals surface area (Å²) >= 11 is 0. The molecule has 1 unspecified atom stereocenters. The van der Waals surface area contributed by atoms with E-state index in [1.807, 2.05) is 0 Å². The smallest absolute Gasteiger partial charge is 0.472 e. The van der Waals surface area contributed by atoms with E-state index in [0.717, 1.165) is 0 Å². The van der Waals surface area contributed by atoms with E-state index in [0.29, 0.717) is 0 Å². The molecule has 0 aromatic carbocycles. The standard InChI is InChI=1S/C9H18NO6P/c1-3-13-7-9(14-4-2)8-16-17(11,12)15-6-5-10/h3-4,9H,1-2,5-8,10H2,(H,11,12)/t9-/m1/s1. The van der Waals surface area contributed by atoms with Crippen LogP contribution in [0.2, 0.25) is 0 Å². The molecule has 0 heterocycles. The van der Waals surface area contributed by atoms with Crippen molar-refractivity contribution in [1.82, 2.24) is 0 Å². The number of ether oxygens (including phenoxy) is 2. The summed E-state index contributed by atoms with van der Waals surface area (Å²) in [5, 5.41) is 0. The van der Waals surface area contributed by atoms with Crippen LogP contribution in [-0.2, 0) is 23.1 Å². The Hall–Kier alpha value is -0.850. The Bertz CT molecular complexity index is 272. The van der Waals surface area contributed by atoms with Gasteiger partial charge in [0.25, 0.3) is 0 Å². The van der Waals surface area contributed by atoms with Gasteiger partial charge in [-0.2, -0.15) is 0 Å². The molecule has 0 rings (SSSR count). The molecule has 0 aromatic heterocycles.